The fraction of sp³-hybridized carbons (Fsp3) is 0.625. The minimum atomic E-state index is 0.619. The predicted octanol–water partition coefficient (Wildman–Crippen LogP) is 2.42. The Hall–Kier alpha value is -1.42. The van der Waals surface area contributed by atoms with Crippen molar-refractivity contribution in [2.45, 2.75) is 37.8 Å². The molecule has 1 saturated carbocycles. The Morgan fingerprint density at radius 3 is 2.30 bits per heavy atom. The first kappa shape index (κ1) is 13.6. The molecule has 3 rings (SSSR count). The molecule has 1 heterocycles. The zero-order valence-corrected chi connectivity index (χ0v) is 12.4. The molecule has 0 amide bonds. The second-order valence-electron chi connectivity index (χ2n) is 5.80. The van der Waals surface area contributed by atoms with Gasteiger partial charge < -0.3 is 19.7 Å². The largest absolute Gasteiger partial charge is 0.497 e. The van der Waals surface area contributed by atoms with E-state index in [1.807, 2.05) is 6.07 Å². The van der Waals surface area contributed by atoms with Crippen molar-refractivity contribution in [3.63, 3.8) is 0 Å². The summed E-state index contributed by atoms with van der Waals surface area (Å²) in [4.78, 5) is 2.44. The Kier molecular flexibility index (Phi) is 4.01. The van der Waals surface area contributed by atoms with Gasteiger partial charge in [-0.1, -0.05) is 0 Å². The van der Waals surface area contributed by atoms with Gasteiger partial charge in [-0.2, -0.15) is 0 Å². The summed E-state index contributed by atoms with van der Waals surface area (Å²) in [6.45, 7) is 2.19. The molecule has 2 aliphatic rings. The number of rotatable bonds is 5. The van der Waals surface area contributed by atoms with E-state index >= 15 is 0 Å². The van der Waals surface area contributed by atoms with E-state index in [0.717, 1.165) is 30.6 Å². The molecular formula is C16H24N2O2. The highest BCUT2D eigenvalue weighted by atomic mass is 16.5. The molecule has 0 radical (unpaired) electrons. The normalized spacial score (nSPS) is 22.7. The minimum Gasteiger partial charge on any atom is -0.497 e. The van der Waals surface area contributed by atoms with E-state index in [2.05, 4.69) is 22.3 Å². The van der Waals surface area contributed by atoms with Crippen molar-refractivity contribution in [3.8, 4) is 11.5 Å². The molecule has 0 bridgehead atoms. The summed E-state index contributed by atoms with van der Waals surface area (Å²) in [6, 6.07) is 7.52. The third-order valence-corrected chi connectivity index (χ3v) is 4.17. The lowest BCUT2D eigenvalue weighted by atomic mass is 10.0. The third-order valence-electron chi connectivity index (χ3n) is 4.17. The average Bonchev–Trinajstić information content (AvgIpc) is 3.31. The van der Waals surface area contributed by atoms with Gasteiger partial charge in [0.25, 0.3) is 0 Å². The van der Waals surface area contributed by atoms with Gasteiger partial charge in [-0.25, -0.2) is 0 Å². The maximum atomic E-state index is 5.37. The SMILES string of the molecule is COc1cc(OC)cc(N2CCCC(NC3CC3)C2)c1. The van der Waals surface area contributed by atoms with Crippen LogP contribution in [0.25, 0.3) is 0 Å². The van der Waals surface area contributed by atoms with Gasteiger partial charge in [0.2, 0.25) is 0 Å². The highest BCUT2D eigenvalue weighted by Crippen LogP contribution is 2.30. The van der Waals surface area contributed by atoms with E-state index in [1.54, 1.807) is 14.2 Å². The number of ether oxygens (including phenoxy) is 2. The van der Waals surface area contributed by atoms with Crippen molar-refractivity contribution in [2.75, 3.05) is 32.2 Å². The third kappa shape index (κ3) is 3.18. The summed E-state index contributed by atoms with van der Waals surface area (Å²) in [6.07, 6.45) is 5.23. The Labute approximate surface area is 121 Å². The Morgan fingerprint density at radius 1 is 1.00 bits per heavy atom. The molecular weight excluding hydrogens is 252 g/mol. The van der Waals surface area contributed by atoms with Crippen LogP contribution in [0.15, 0.2) is 18.2 Å². The first-order chi connectivity index (χ1) is 9.78. The van der Waals surface area contributed by atoms with Crippen LogP contribution in [0.5, 0.6) is 11.5 Å². The van der Waals surface area contributed by atoms with Crippen molar-refractivity contribution < 1.29 is 9.47 Å². The van der Waals surface area contributed by atoms with Crippen LogP contribution in [0.3, 0.4) is 0 Å². The topological polar surface area (TPSA) is 33.7 Å². The van der Waals surface area contributed by atoms with Crippen LogP contribution in [-0.2, 0) is 0 Å². The zero-order valence-electron chi connectivity index (χ0n) is 12.4. The van der Waals surface area contributed by atoms with Crippen molar-refractivity contribution in [1.82, 2.24) is 5.32 Å². The van der Waals surface area contributed by atoms with Gasteiger partial charge in [0.05, 0.1) is 14.2 Å². The Balaban J connectivity index is 1.73. The van der Waals surface area contributed by atoms with E-state index in [-0.39, 0.29) is 0 Å². The zero-order chi connectivity index (χ0) is 13.9. The number of methoxy groups -OCH3 is 2. The smallest absolute Gasteiger partial charge is 0.124 e. The van der Waals surface area contributed by atoms with Crippen LogP contribution >= 0.6 is 0 Å². The van der Waals surface area contributed by atoms with Crippen molar-refractivity contribution in [3.05, 3.63) is 18.2 Å². The number of hydrogen-bond acceptors (Lipinski definition) is 4. The van der Waals surface area contributed by atoms with Crippen LogP contribution in [0.1, 0.15) is 25.7 Å². The molecule has 1 aliphatic heterocycles. The first-order valence-corrected chi connectivity index (χ1v) is 7.52. The van der Waals surface area contributed by atoms with Crippen LogP contribution in [-0.4, -0.2) is 39.4 Å². The number of piperidine rings is 1. The van der Waals surface area contributed by atoms with Gasteiger partial charge in [0.15, 0.2) is 0 Å². The molecule has 2 fully saturated rings. The van der Waals surface area contributed by atoms with Crippen LogP contribution in [0.2, 0.25) is 0 Å². The Bertz CT molecular complexity index is 438. The van der Waals surface area contributed by atoms with E-state index < -0.39 is 0 Å². The fourth-order valence-electron chi connectivity index (χ4n) is 2.91. The highest BCUT2D eigenvalue weighted by Gasteiger charge is 2.27. The standard InChI is InChI=1S/C16H24N2O2/c1-19-15-8-14(9-16(10-15)20-2)18-7-3-4-13(11-18)17-12-5-6-12/h8-10,12-13,17H,3-7,11H2,1-2H3. The number of hydrogen-bond donors (Lipinski definition) is 1. The minimum absolute atomic E-state index is 0.619. The second-order valence-corrected chi connectivity index (χ2v) is 5.80. The molecule has 4 nitrogen and oxygen atoms in total. The van der Waals surface area contributed by atoms with E-state index in [9.17, 15) is 0 Å². The van der Waals surface area contributed by atoms with Gasteiger partial charge in [-0.15, -0.1) is 0 Å². The molecule has 0 aromatic heterocycles. The van der Waals surface area contributed by atoms with E-state index in [0.29, 0.717) is 6.04 Å². The molecule has 1 aromatic rings. The lowest BCUT2D eigenvalue weighted by molar-refractivity contribution is 0.392. The second kappa shape index (κ2) is 5.92. The van der Waals surface area contributed by atoms with Crippen LogP contribution in [0.4, 0.5) is 5.69 Å². The van der Waals surface area contributed by atoms with Crippen LogP contribution in [0, 0.1) is 0 Å². The van der Waals surface area contributed by atoms with Crippen molar-refractivity contribution >= 4 is 5.69 Å². The summed E-state index contributed by atoms with van der Waals surface area (Å²) in [7, 11) is 3.40. The van der Waals surface area contributed by atoms with Gasteiger partial charge in [0.1, 0.15) is 11.5 Å². The Morgan fingerprint density at radius 2 is 1.70 bits per heavy atom. The summed E-state index contributed by atoms with van der Waals surface area (Å²) in [5, 5.41) is 3.75. The van der Waals surface area contributed by atoms with Gasteiger partial charge in [-0.3, -0.25) is 0 Å². The van der Waals surface area contributed by atoms with Gasteiger partial charge in [0, 0.05) is 49.1 Å². The lowest BCUT2D eigenvalue weighted by Crippen LogP contribution is -2.46. The lowest BCUT2D eigenvalue weighted by Gasteiger charge is -2.35. The molecule has 1 unspecified atom stereocenters. The van der Waals surface area contributed by atoms with E-state index in [4.69, 9.17) is 9.47 Å². The summed E-state index contributed by atoms with van der Waals surface area (Å²) >= 11 is 0. The molecule has 1 N–H and O–H groups in total. The molecule has 1 aliphatic carbocycles. The van der Waals surface area contributed by atoms with E-state index in [1.165, 1.54) is 31.4 Å². The molecule has 0 spiro atoms. The molecule has 4 heteroatoms. The summed E-state index contributed by atoms with van der Waals surface area (Å²) < 4.78 is 10.7. The monoisotopic (exact) mass is 276 g/mol. The highest BCUT2D eigenvalue weighted by molar-refractivity contribution is 5.56. The predicted molar refractivity (Wildman–Crippen MR) is 80.9 cm³/mol. The average molecular weight is 276 g/mol. The van der Waals surface area contributed by atoms with Gasteiger partial charge in [-0.05, 0) is 25.7 Å². The number of anilines is 1. The summed E-state index contributed by atoms with van der Waals surface area (Å²) in [5.41, 5.74) is 1.20. The summed E-state index contributed by atoms with van der Waals surface area (Å²) in [5.74, 6) is 1.72. The maximum Gasteiger partial charge on any atom is 0.124 e. The number of benzene rings is 1. The van der Waals surface area contributed by atoms with Crippen molar-refractivity contribution in [2.24, 2.45) is 0 Å². The molecule has 1 atom stereocenters. The number of nitrogens with one attached hydrogen (secondary N) is 1. The maximum absolute atomic E-state index is 5.37. The molecule has 1 saturated heterocycles. The van der Waals surface area contributed by atoms with Crippen molar-refractivity contribution in [1.29, 1.82) is 0 Å². The fourth-order valence-corrected chi connectivity index (χ4v) is 2.91. The van der Waals surface area contributed by atoms with Gasteiger partial charge >= 0.3 is 0 Å². The molecule has 20 heavy (non-hydrogen) atoms. The van der Waals surface area contributed by atoms with Crippen LogP contribution < -0.4 is 19.7 Å². The molecule has 1 aromatic carbocycles. The first-order valence-electron chi connectivity index (χ1n) is 7.52. The quantitative estimate of drug-likeness (QED) is 0.895. The molecule has 110 valence electrons. The number of nitrogens with zero attached hydrogens (tertiary/aromatic N) is 1.